The maximum absolute atomic E-state index is 12.5. The van der Waals surface area contributed by atoms with Gasteiger partial charge in [0, 0.05) is 31.6 Å². The number of likely N-dealkylation sites (tertiary alicyclic amines) is 1. The van der Waals surface area contributed by atoms with Crippen LogP contribution in [0.2, 0.25) is 0 Å². The third kappa shape index (κ3) is 2.84. The molecule has 0 N–H and O–H groups in total. The van der Waals surface area contributed by atoms with Gasteiger partial charge in [0.25, 0.3) is 5.91 Å². The minimum atomic E-state index is 0.0756. The SMILES string of the molecule is O=C(c1cscn1)N1CC[C@@H]2OCCN(CC3CC3)[C@H]2C1. The fraction of sp³-hybridized carbons (Fsp3) is 0.733. The lowest BCUT2D eigenvalue weighted by atomic mass is 9.98. The van der Waals surface area contributed by atoms with Crippen LogP contribution in [0.25, 0.3) is 0 Å². The van der Waals surface area contributed by atoms with E-state index in [1.807, 2.05) is 10.3 Å². The molecule has 1 aromatic heterocycles. The quantitative estimate of drug-likeness (QED) is 0.848. The standard InChI is InChI=1S/C15H21N3O2S/c19-15(12-9-21-10-16-12)18-4-3-14-13(8-18)17(5-6-20-14)7-11-1-2-11/h9-11,13-14H,1-8H2/t13-,14-/m0/s1. The largest absolute Gasteiger partial charge is 0.375 e. The summed E-state index contributed by atoms with van der Waals surface area (Å²) in [5, 5.41) is 1.84. The fourth-order valence-corrected chi connectivity index (χ4v) is 3.99. The van der Waals surface area contributed by atoms with Gasteiger partial charge < -0.3 is 9.64 Å². The van der Waals surface area contributed by atoms with E-state index in [9.17, 15) is 4.79 Å². The van der Waals surface area contributed by atoms with Crippen molar-refractivity contribution in [2.45, 2.75) is 31.4 Å². The molecule has 3 fully saturated rings. The zero-order chi connectivity index (χ0) is 14.2. The molecule has 114 valence electrons. The number of amides is 1. The van der Waals surface area contributed by atoms with Crippen LogP contribution in [-0.4, -0.2) is 65.6 Å². The number of rotatable bonds is 3. The molecule has 1 amide bonds. The predicted octanol–water partition coefficient (Wildman–Crippen LogP) is 1.47. The van der Waals surface area contributed by atoms with Crippen LogP contribution in [0.3, 0.4) is 0 Å². The Morgan fingerprint density at radius 1 is 1.38 bits per heavy atom. The average molecular weight is 307 g/mol. The van der Waals surface area contributed by atoms with E-state index >= 15 is 0 Å². The molecule has 5 nitrogen and oxygen atoms in total. The summed E-state index contributed by atoms with van der Waals surface area (Å²) in [7, 11) is 0. The van der Waals surface area contributed by atoms with Crippen LogP contribution in [0.15, 0.2) is 10.9 Å². The minimum Gasteiger partial charge on any atom is -0.375 e. The highest BCUT2D eigenvalue weighted by atomic mass is 32.1. The number of nitrogens with zero attached hydrogens (tertiary/aromatic N) is 3. The molecule has 6 heteroatoms. The average Bonchev–Trinajstić information content (AvgIpc) is 3.16. The van der Waals surface area contributed by atoms with Gasteiger partial charge in [0.2, 0.25) is 0 Å². The topological polar surface area (TPSA) is 45.7 Å². The molecule has 21 heavy (non-hydrogen) atoms. The van der Waals surface area contributed by atoms with E-state index in [2.05, 4.69) is 9.88 Å². The third-order valence-corrected chi connectivity index (χ3v) is 5.41. The van der Waals surface area contributed by atoms with Crippen LogP contribution in [0.4, 0.5) is 0 Å². The summed E-state index contributed by atoms with van der Waals surface area (Å²) in [5.74, 6) is 0.958. The summed E-state index contributed by atoms with van der Waals surface area (Å²) < 4.78 is 5.94. The van der Waals surface area contributed by atoms with E-state index < -0.39 is 0 Å². The smallest absolute Gasteiger partial charge is 0.273 e. The number of thiazole rings is 1. The lowest BCUT2D eigenvalue weighted by Gasteiger charge is -2.47. The Bertz CT molecular complexity index is 503. The molecule has 3 heterocycles. The summed E-state index contributed by atoms with van der Waals surface area (Å²) in [5.41, 5.74) is 2.31. The number of morpholine rings is 1. The van der Waals surface area contributed by atoms with E-state index in [0.29, 0.717) is 17.8 Å². The summed E-state index contributed by atoms with van der Waals surface area (Å²) >= 11 is 1.48. The van der Waals surface area contributed by atoms with Gasteiger partial charge in [-0.15, -0.1) is 11.3 Å². The number of hydrogen-bond acceptors (Lipinski definition) is 5. The van der Waals surface area contributed by atoms with Crippen molar-refractivity contribution in [3.05, 3.63) is 16.6 Å². The molecule has 0 radical (unpaired) electrons. The highest BCUT2D eigenvalue weighted by Gasteiger charge is 2.40. The molecule has 3 aliphatic rings. The molecule has 4 rings (SSSR count). The highest BCUT2D eigenvalue weighted by molar-refractivity contribution is 7.07. The Labute approximate surface area is 128 Å². The second kappa shape index (κ2) is 5.66. The molecule has 2 saturated heterocycles. The molecule has 0 bridgehead atoms. The lowest BCUT2D eigenvalue weighted by Crippen LogP contribution is -2.61. The monoisotopic (exact) mass is 307 g/mol. The molecule has 0 aromatic carbocycles. The van der Waals surface area contributed by atoms with Gasteiger partial charge in [-0.05, 0) is 25.2 Å². The van der Waals surface area contributed by atoms with Gasteiger partial charge >= 0.3 is 0 Å². The molecule has 1 aromatic rings. The summed E-state index contributed by atoms with van der Waals surface area (Å²) in [6.45, 7) is 4.61. The van der Waals surface area contributed by atoms with Crippen molar-refractivity contribution in [2.75, 3.05) is 32.8 Å². The zero-order valence-electron chi connectivity index (χ0n) is 12.1. The molecule has 2 atom stereocenters. The van der Waals surface area contributed by atoms with Crippen LogP contribution in [-0.2, 0) is 4.74 Å². The number of piperidine rings is 1. The Kier molecular flexibility index (Phi) is 3.69. The number of fused-ring (bicyclic) bond motifs is 1. The number of carbonyl (C=O) groups excluding carboxylic acids is 1. The third-order valence-electron chi connectivity index (χ3n) is 4.83. The number of carbonyl (C=O) groups is 1. The van der Waals surface area contributed by atoms with Crippen molar-refractivity contribution in [1.82, 2.24) is 14.8 Å². The molecule has 0 unspecified atom stereocenters. The molecular weight excluding hydrogens is 286 g/mol. The van der Waals surface area contributed by atoms with Crippen molar-refractivity contribution in [1.29, 1.82) is 0 Å². The van der Waals surface area contributed by atoms with Gasteiger partial charge in [-0.3, -0.25) is 9.69 Å². The summed E-state index contributed by atoms with van der Waals surface area (Å²) in [4.78, 5) is 21.2. The van der Waals surface area contributed by atoms with Crippen molar-refractivity contribution in [2.24, 2.45) is 5.92 Å². The first-order chi connectivity index (χ1) is 10.3. The van der Waals surface area contributed by atoms with Crippen LogP contribution >= 0.6 is 11.3 Å². The van der Waals surface area contributed by atoms with Crippen LogP contribution < -0.4 is 0 Å². The minimum absolute atomic E-state index is 0.0756. The molecule has 2 aliphatic heterocycles. The molecule has 1 saturated carbocycles. The van der Waals surface area contributed by atoms with E-state index in [4.69, 9.17) is 4.74 Å². The Morgan fingerprint density at radius 2 is 2.29 bits per heavy atom. The van der Waals surface area contributed by atoms with Gasteiger partial charge in [0.15, 0.2) is 0 Å². The van der Waals surface area contributed by atoms with Crippen molar-refractivity contribution < 1.29 is 9.53 Å². The zero-order valence-corrected chi connectivity index (χ0v) is 12.9. The van der Waals surface area contributed by atoms with Gasteiger partial charge in [-0.2, -0.15) is 0 Å². The van der Waals surface area contributed by atoms with E-state index in [-0.39, 0.29) is 5.91 Å². The number of aromatic nitrogens is 1. The van der Waals surface area contributed by atoms with Crippen molar-refractivity contribution >= 4 is 17.2 Å². The van der Waals surface area contributed by atoms with Gasteiger partial charge in [-0.25, -0.2) is 4.98 Å². The lowest BCUT2D eigenvalue weighted by molar-refractivity contribution is -0.0989. The van der Waals surface area contributed by atoms with Crippen LogP contribution in [0, 0.1) is 5.92 Å². The van der Waals surface area contributed by atoms with Crippen molar-refractivity contribution in [3.8, 4) is 0 Å². The summed E-state index contributed by atoms with van der Waals surface area (Å²) in [6, 6.07) is 0.371. The maximum atomic E-state index is 12.5. The molecule has 1 aliphatic carbocycles. The predicted molar refractivity (Wildman–Crippen MR) is 80.5 cm³/mol. The van der Waals surface area contributed by atoms with Crippen molar-refractivity contribution in [3.63, 3.8) is 0 Å². The summed E-state index contributed by atoms with van der Waals surface area (Å²) in [6.07, 6.45) is 3.99. The number of ether oxygens (including phenoxy) is 1. The fourth-order valence-electron chi connectivity index (χ4n) is 3.47. The van der Waals surface area contributed by atoms with Crippen LogP contribution in [0.5, 0.6) is 0 Å². The Morgan fingerprint density at radius 3 is 3.05 bits per heavy atom. The normalized spacial score (nSPS) is 30.2. The van der Waals surface area contributed by atoms with E-state index in [1.165, 1.54) is 30.7 Å². The number of hydrogen-bond donors (Lipinski definition) is 0. The molecular formula is C15H21N3O2S. The Hall–Kier alpha value is -0.980. The van der Waals surface area contributed by atoms with Gasteiger partial charge in [0.1, 0.15) is 5.69 Å². The van der Waals surface area contributed by atoms with E-state index in [0.717, 1.165) is 38.6 Å². The Balaban J connectivity index is 1.46. The second-order valence-corrected chi connectivity index (χ2v) is 7.05. The van der Waals surface area contributed by atoms with E-state index in [1.54, 1.807) is 5.51 Å². The second-order valence-electron chi connectivity index (χ2n) is 6.33. The highest BCUT2D eigenvalue weighted by Crippen LogP contribution is 2.33. The first kappa shape index (κ1) is 13.7. The van der Waals surface area contributed by atoms with Gasteiger partial charge in [0.05, 0.1) is 24.3 Å². The van der Waals surface area contributed by atoms with Crippen LogP contribution in [0.1, 0.15) is 29.8 Å². The first-order valence-electron chi connectivity index (χ1n) is 7.84. The maximum Gasteiger partial charge on any atom is 0.273 e. The molecule has 0 spiro atoms. The first-order valence-corrected chi connectivity index (χ1v) is 8.78. The van der Waals surface area contributed by atoms with Gasteiger partial charge in [-0.1, -0.05) is 0 Å².